The van der Waals surface area contributed by atoms with Gasteiger partial charge in [0.1, 0.15) is 0 Å². The third-order valence-electron chi connectivity index (χ3n) is 2.39. The minimum Gasteiger partial charge on any atom is -0.358 e. The molecule has 2 nitrogen and oxygen atoms in total. The first-order valence-electron chi connectivity index (χ1n) is 6.82. The largest absolute Gasteiger partial charge is 0.358 e. The van der Waals surface area contributed by atoms with E-state index in [1.807, 2.05) is 20.8 Å². The van der Waals surface area contributed by atoms with Crippen LogP contribution < -0.4 is 0 Å². The van der Waals surface area contributed by atoms with Crippen molar-refractivity contribution < 1.29 is 25.1 Å². The van der Waals surface area contributed by atoms with Crippen LogP contribution in [-0.2, 0) is 20.0 Å². The second-order valence-corrected chi connectivity index (χ2v) is 5.63. The first kappa shape index (κ1) is 38.9. The van der Waals surface area contributed by atoms with E-state index in [1.54, 1.807) is 20.0 Å². The number of hydrogen-bond donors (Lipinski definition) is 1. The van der Waals surface area contributed by atoms with E-state index >= 15 is 0 Å². The zero-order chi connectivity index (χ0) is 16.9. The Morgan fingerprint density at radius 1 is 1.22 bits per heavy atom. The van der Waals surface area contributed by atoms with Crippen LogP contribution in [0.2, 0.25) is 0 Å². The summed E-state index contributed by atoms with van der Waals surface area (Å²) in [6, 6.07) is 0. The summed E-state index contributed by atoms with van der Waals surface area (Å²) in [5, 5.41) is 7.81. The average molecular weight is 402 g/mol. The van der Waals surface area contributed by atoms with Gasteiger partial charge in [0.05, 0.1) is 0 Å². The fraction of sp³-hybridized carbons (Fsp3) is 0.611. The summed E-state index contributed by atoms with van der Waals surface area (Å²) in [5.41, 5.74) is 10.9. The molecular formula is C18H37Cl2NOTi-4. The SMILES string of the molecule is CC(C)(C)[NH-].CC1=[C-]C(C)C(C)=C1C.Cl.Cl.[CH2-]CCO.[CH2]=[Ti].[CH3-]. The summed E-state index contributed by atoms with van der Waals surface area (Å²) in [6.45, 7) is 17.8. The second kappa shape index (κ2) is 22.6. The van der Waals surface area contributed by atoms with Crippen molar-refractivity contribution in [3.8, 4) is 0 Å². The van der Waals surface area contributed by atoms with Crippen molar-refractivity contribution in [2.24, 2.45) is 5.92 Å². The molecule has 1 unspecified atom stereocenters. The number of aliphatic hydroxyl groups excluding tert-OH is 1. The predicted molar refractivity (Wildman–Crippen MR) is 109 cm³/mol. The van der Waals surface area contributed by atoms with Gasteiger partial charge in [-0.3, -0.25) is 6.08 Å². The Bertz CT molecular complexity index is 303. The van der Waals surface area contributed by atoms with E-state index < -0.39 is 0 Å². The molecular weight excluding hydrogens is 365 g/mol. The van der Waals surface area contributed by atoms with Crippen molar-refractivity contribution in [2.45, 2.75) is 60.4 Å². The van der Waals surface area contributed by atoms with Crippen molar-refractivity contribution >= 4 is 29.6 Å². The molecule has 142 valence electrons. The van der Waals surface area contributed by atoms with E-state index in [-0.39, 0.29) is 44.4 Å². The Hall–Kier alpha value is 0.564. The van der Waals surface area contributed by atoms with Gasteiger partial charge in [0.2, 0.25) is 0 Å². The number of hydrogen-bond acceptors (Lipinski definition) is 1. The molecule has 0 heterocycles. The zero-order valence-electron chi connectivity index (χ0n) is 16.2. The van der Waals surface area contributed by atoms with Crippen molar-refractivity contribution in [3.05, 3.63) is 42.9 Å². The molecule has 5 heteroatoms. The molecule has 23 heavy (non-hydrogen) atoms. The zero-order valence-corrected chi connectivity index (χ0v) is 19.4. The predicted octanol–water partition coefficient (Wildman–Crippen LogP) is 6.02. The van der Waals surface area contributed by atoms with E-state index in [0.29, 0.717) is 12.3 Å². The van der Waals surface area contributed by atoms with Crippen LogP contribution >= 0.6 is 24.8 Å². The van der Waals surface area contributed by atoms with Crippen LogP contribution in [0.15, 0.2) is 16.7 Å². The minimum atomic E-state index is -0.250. The molecule has 0 radical (unpaired) electrons. The number of halogens is 2. The minimum absolute atomic E-state index is 0. The monoisotopic (exact) mass is 401 g/mol. The van der Waals surface area contributed by atoms with E-state index in [9.17, 15) is 0 Å². The fourth-order valence-electron chi connectivity index (χ4n) is 1.16. The van der Waals surface area contributed by atoms with Crippen molar-refractivity contribution in [1.29, 1.82) is 0 Å². The second-order valence-electron chi connectivity index (χ2n) is 5.63. The van der Waals surface area contributed by atoms with Crippen molar-refractivity contribution in [3.63, 3.8) is 0 Å². The van der Waals surface area contributed by atoms with Crippen molar-refractivity contribution in [2.75, 3.05) is 6.61 Å². The van der Waals surface area contributed by atoms with Crippen LogP contribution in [0.1, 0.15) is 54.9 Å². The van der Waals surface area contributed by atoms with Gasteiger partial charge in [0.25, 0.3) is 0 Å². The van der Waals surface area contributed by atoms with E-state index in [0.717, 1.165) is 0 Å². The van der Waals surface area contributed by atoms with Crippen LogP contribution in [0.25, 0.3) is 5.73 Å². The first-order chi connectivity index (χ1) is 9.04. The standard InChI is InChI=1S/C9H13.C4H10N.C3H7O.CH3.CH2.2ClH.Ti/c1-6-5-7(2)9(4)8(6)3;1-4(2,3)5;1-2-3-4;;;;;/h6H,1-4H3;5H,1-3H3;4H,1-3H2;1H3;1H2;2*1H;/q4*-1;;;;. The van der Waals surface area contributed by atoms with Crippen LogP contribution in [0.5, 0.6) is 0 Å². The number of aliphatic hydroxyl groups is 1. The molecule has 2 N–H and O–H groups in total. The molecule has 0 saturated carbocycles. The van der Waals surface area contributed by atoms with Crippen LogP contribution in [0.4, 0.5) is 0 Å². The molecule has 0 aromatic carbocycles. The van der Waals surface area contributed by atoms with E-state index in [2.05, 4.69) is 45.5 Å². The third kappa shape index (κ3) is 30.9. The van der Waals surface area contributed by atoms with Crippen molar-refractivity contribution in [1.82, 2.24) is 0 Å². The normalized spacial score (nSPS) is 14.7. The Morgan fingerprint density at radius 2 is 1.48 bits per heavy atom. The average Bonchev–Trinajstić information content (AvgIpc) is 2.57. The summed E-state index contributed by atoms with van der Waals surface area (Å²) in [7, 11) is 0. The quantitative estimate of drug-likeness (QED) is 0.423. The van der Waals surface area contributed by atoms with Gasteiger partial charge < -0.3 is 25.2 Å². The molecule has 1 rings (SSSR count). The number of nitrogens with one attached hydrogen (secondary N) is 1. The molecule has 0 aromatic heterocycles. The van der Waals surface area contributed by atoms with Crippen LogP contribution in [0.3, 0.4) is 0 Å². The Balaban J connectivity index is -0.0000000455. The molecule has 0 aliphatic heterocycles. The maximum absolute atomic E-state index is 7.81. The van der Waals surface area contributed by atoms with Gasteiger partial charge in [-0.25, -0.2) is 5.57 Å². The Kier molecular flexibility index (Phi) is 38.2. The van der Waals surface area contributed by atoms with E-state index in [4.69, 9.17) is 10.8 Å². The molecule has 1 atom stereocenters. The molecule has 1 aliphatic carbocycles. The molecule has 0 spiro atoms. The van der Waals surface area contributed by atoms with Crippen LogP contribution in [-0.4, -0.2) is 22.1 Å². The molecule has 0 aromatic rings. The van der Waals surface area contributed by atoms with E-state index in [1.165, 1.54) is 16.7 Å². The summed E-state index contributed by atoms with van der Waals surface area (Å²) < 4.78 is 0. The summed E-state index contributed by atoms with van der Waals surface area (Å²) in [5.74, 6) is 0.560. The molecule has 0 bridgehead atoms. The maximum atomic E-state index is 7.81. The Morgan fingerprint density at radius 3 is 1.52 bits per heavy atom. The molecule has 1 aliphatic rings. The Labute approximate surface area is 170 Å². The molecule has 0 fully saturated rings. The summed E-state index contributed by atoms with van der Waals surface area (Å²) in [4.78, 5) is 3.25. The summed E-state index contributed by atoms with van der Waals surface area (Å²) >= 11 is 1.75. The molecule has 0 amide bonds. The van der Waals surface area contributed by atoms with Gasteiger partial charge in [0, 0.05) is 6.61 Å². The number of rotatable bonds is 1. The topological polar surface area (TPSA) is 44.0 Å². The van der Waals surface area contributed by atoms with Gasteiger partial charge in [-0.05, 0) is 0 Å². The van der Waals surface area contributed by atoms with Gasteiger partial charge in [-0.1, -0.05) is 47.5 Å². The van der Waals surface area contributed by atoms with Crippen LogP contribution in [0, 0.1) is 26.3 Å². The fourth-order valence-corrected chi connectivity index (χ4v) is 1.16. The van der Waals surface area contributed by atoms with Gasteiger partial charge in [0.15, 0.2) is 0 Å². The number of allylic oxidation sites excluding steroid dienone is 4. The maximum Gasteiger partial charge on any atom is -0.358 e. The van der Waals surface area contributed by atoms with Gasteiger partial charge >= 0.3 is 24.8 Å². The van der Waals surface area contributed by atoms with Gasteiger partial charge in [-0.2, -0.15) is 17.6 Å². The first-order valence-corrected chi connectivity index (χ1v) is 7.93. The molecule has 0 saturated heterocycles. The third-order valence-corrected chi connectivity index (χ3v) is 2.39. The summed E-state index contributed by atoms with van der Waals surface area (Å²) in [6.07, 6.45) is 3.98. The van der Waals surface area contributed by atoms with Gasteiger partial charge in [-0.15, -0.1) is 37.3 Å². The smallest absolute Gasteiger partial charge is 0.358 e.